The summed E-state index contributed by atoms with van der Waals surface area (Å²) in [5.74, 6) is -0.685. The van der Waals surface area contributed by atoms with E-state index in [2.05, 4.69) is 9.97 Å². The number of aromatic nitrogens is 2. The Kier molecular flexibility index (Phi) is 3.41. The van der Waals surface area contributed by atoms with Crippen LogP contribution >= 0.6 is 0 Å². The number of pyridine rings is 2. The Morgan fingerprint density at radius 2 is 2.20 bits per heavy atom. The first kappa shape index (κ1) is 12.7. The van der Waals surface area contributed by atoms with E-state index in [1.165, 1.54) is 18.3 Å². The van der Waals surface area contributed by atoms with Crippen molar-refractivity contribution in [2.45, 2.75) is 18.9 Å². The highest BCUT2D eigenvalue weighted by Gasteiger charge is 2.30. The van der Waals surface area contributed by atoms with E-state index in [0.29, 0.717) is 12.1 Å². The minimum Gasteiger partial charge on any atom is -0.331 e. The average Bonchev–Trinajstić information content (AvgIpc) is 2.97. The molecule has 4 nitrogen and oxygen atoms in total. The lowest BCUT2D eigenvalue weighted by Crippen LogP contribution is -2.30. The van der Waals surface area contributed by atoms with Crippen LogP contribution in [0.25, 0.3) is 0 Å². The van der Waals surface area contributed by atoms with Gasteiger partial charge in [0.15, 0.2) is 0 Å². The highest BCUT2D eigenvalue weighted by Crippen LogP contribution is 2.32. The molecule has 1 aliphatic heterocycles. The number of carbonyl (C=O) groups is 1. The van der Waals surface area contributed by atoms with Crippen molar-refractivity contribution in [2.75, 3.05) is 6.54 Å². The number of hydrogen-bond acceptors (Lipinski definition) is 3. The van der Waals surface area contributed by atoms with Gasteiger partial charge in [-0.1, -0.05) is 6.07 Å². The molecule has 20 heavy (non-hydrogen) atoms. The van der Waals surface area contributed by atoms with E-state index in [1.807, 2.05) is 17.0 Å². The van der Waals surface area contributed by atoms with Crippen LogP contribution in [0.2, 0.25) is 0 Å². The Bertz CT molecular complexity index is 600. The Labute approximate surface area is 116 Å². The van der Waals surface area contributed by atoms with Crippen LogP contribution < -0.4 is 0 Å². The van der Waals surface area contributed by atoms with E-state index >= 15 is 0 Å². The topological polar surface area (TPSA) is 46.1 Å². The molecule has 5 heteroatoms. The maximum atomic E-state index is 12.8. The van der Waals surface area contributed by atoms with Gasteiger partial charge in [0.2, 0.25) is 5.95 Å². The van der Waals surface area contributed by atoms with Gasteiger partial charge in [-0.15, -0.1) is 0 Å². The van der Waals surface area contributed by atoms with Gasteiger partial charge in [0.1, 0.15) is 0 Å². The van der Waals surface area contributed by atoms with Crippen LogP contribution in [0.3, 0.4) is 0 Å². The van der Waals surface area contributed by atoms with Gasteiger partial charge in [-0.05, 0) is 36.6 Å². The van der Waals surface area contributed by atoms with E-state index in [0.717, 1.165) is 18.4 Å². The van der Waals surface area contributed by atoms with Crippen LogP contribution in [0.15, 0.2) is 42.9 Å². The fourth-order valence-corrected chi connectivity index (χ4v) is 2.60. The van der Waals surface area contributed by atoms with Gasteiger partial charge >= 0.3 is 0 Å². The number of halogens is 1. The quantitative estimate of drug-likeness (QED) is 0.789. The smallest absolute Gasteiger partial charge is 0.255 e. The van der Waals surface area contributed by atoms with Crippen molar-refractivity contribution >= 4 is 5.91 Å². The summed E-state index contributed by atoms with van der Waals surface area (Å²) in [4.78, 5) is 21.9. The molecular weight excluding hydrogens is 257 g/mol. The van der Waals surface area contributed by atoms with Crippen molar-refractivity contribution in [3.05, 3.63) is 59.9 Å². The molecule has 1 fully saturated rings. The van der Waals surface area contributed by atoms with Gasteiger partial charge in [-0.3, -0.25) is 9.78 Å². The monoisotopic (exact) mass is 271 g/mol. The lowest BCUT2D eigenvalue weighted by Gasteiger charge is -2.24. The molecule has 0 radical (unpaired) electrons. The Morgan fingerprint density at radius 3 is 2.90 bits per heavy atom. The maximum absolute atomic E-state index is 12.8. The second kappa shape index (κ2) is 5.36. The molecule has 1 atom stereocenters. The minimum atomic E-state index is -0.577. The summed E-state index contributed by atoms with van der Waals surface area (Å²) >= 11 is 0. The van der Waals surface area contributed by atoms with Crippen molar-refractivity contribution in [3.8, 4) is 0 Å². The van der Waals surface area contributed by atoms with Gasteiger partial charge in [-0.25, -0.2) is 4.98 Å². The molecule has 0 aromatic carbocycles. The van der Waals surface area contributed by atoms with Crippen molar-refractivity contribution in [3.63, 3.8) is 0 Å². The number of rotatable bonds is 2. The lowest BCUT2D eigenvalue weighted by atomic mass is 10.1. The number of carbonyl (C=O) groups excluding carboxylic acids is 1. The third-order valence-corrected chi connectivity index (χ3v) is 3.56. The van der Waals surface area contributed by atoms with Crippen LogP contribution in [-0.4, -0.2) is 27.3 Å². The third kappa shape index (κ3) is 2.39. The third-order valence-electron chi connectivity index (χ3n) is 3.56. The van der Waals surface area contributed by atoms with E-state index in [9.17, 15) is 9.18 Å². The fraction of sp³-hybridized carbons (Fsp3) is 0.267. The number of likely N-dealkylation sites (tertiary alicyclic amines) is 1. The number of nitrogens with zero attached hydrogens (tertiary/aromatic N) is 3. The molecule has 1 unspecified atom stereocenters. The largest absolute Gasteiger partial charge is 0.331 e. The zero-order valence-corrected chi connectivity index (χ0v) is 10.9. The predicted octanol–water partition coefficient (Wildman–Crippen LogP) is 2.59. The summed E-state index contributed by atoms with van der Waals surface area (Å²) in [5, 5.41) is 0. The molecule has 1 amide bonds. The molecule has 3 rings (SSSR count). The first-order valence-electron chi connectivity index (χ1n) is 6.58. The van der Waals surface area contributed by atoms with Gasteiger partial charge in [0, 0.05) is 25.1 Å². The predicted molar refractivity (Wildman–Crippen MR) is 71.4 cm³/mol. The van der Waals surface area contributed by atoms with Gasteiger partial charge in [0.05, 0.1) is 11.6 Å². The van der Waals surface area contributed by atoms with Gasteiger partial charge < -0.3 is 4.90 Å². The zero-order chi connectivity index (χ0) is 13.9. The summed E-state index contributed by atoms with van der Waals surface area (Å²) < 4.78 is 12.8. The molecule has 102 valence electrons. The molecular formula is C15H14FN3O. The lowest BCUT2D eigenvalue weighted by molar-refractivity contribution is 0.0735. The first-order chi connectivity index (χ1) is 9.75. The minimum absolute atomic E-state index is 0.0428. The fourth-order valence-electron chi connectivity index (χ4n) is 2.60. The van der Waals surface area contributed by atoms with Gasteiger partial charge in [-0.2, -0.15) is 4.39 Å². The average molecular weight is 271 g/mol. The van der Waals surface area contributed by atoms with E-state index in [-0.39, 0.29) is 11.9 Å². The van der Waals surface area contributed by atoms with Crippen LogP contribution in [0.4, 0.5) is 4.39 Å². The Hall–Kier alpha value is -2.30. The summed E-state index contributed by atoms with van der Waals surface area (Å²) in [6.45, 7) is 0.704. The van der Waals surface area contributed by atoms with Crippen molar-refractivity contribution in [1.82, 2.24) is 14.9 Å². The molecule has 3 heterocycles. The van der Waals surface area contributed by atoms with E-state index in [4.69, 9.17) is 0 Å². The second-order valence-corrected chi connectivity index (χ2v) is 4.81. The second-order valence-electron chi connectivity index (χ2n) is 4.81. The van der Waals surface area contributed by atoms with Crippen LogP contribution in [0, 0.1) is 5.95 Å². The molecule has 0 spiro atoms. The first-order valence-corrected chi connectivity index (χ1v) is 6.58. The summed E-state index contributed by atoms with van der Waals surface area (Å²) in [6.07, 6.45) is 6.68. The van der Waals surface area contributed by atoms with Crippen molar-refractivity contribution < 1.29 is 9.18 Å². The summed E-state index contributed by atoms with van der Waals surface area (Å²) in [7, 11) is 0. The molecule has 0 saturated carbocycles. The van der Waals surface area contributed by atoms with Crippen molar-refractivity contribution in [1.29, 1.82) is 0 Å². The Morgan fingerprint density at radius 1 is 1.30 bits per heavy atom. The van der Waals surface area contributed by atoms with Gasteiger partial charge in [0.25, 0.3) is 5.91 Å². The highest BCUT2D eigenvalue weighted by atomic mass is 19.1. The summed E-state index contributed by atoms with van der Waals surface area (Å²) in [5.41, 5.74) is 1.45. The standard InChI is InChI=1S/C15H14FN3O/c16-14-6-5-12(10-18-14)15(20)19-8-2-4-13(19)11-3-1-7-17-9-11/h1,3,5-7,9-10,13H,2,4,8H2. The number of hydrogen-bond donors (Lipinski definition) is 0. The van der Waals surface area contributed by atoms with E-state index in [1.54, 1.807) is 12.4 Å². The number of amides is 1. The zero-order valence-electron chi connectivity index (χ0n) is 10.9. The summed E-state index contributed by atoms with van der Waals surface area (Å²) in [6, 6.07) is 6.58. The Balaban J connectivity index is 1.85. The van der Waals surface area contributed by atoms with Crippen molar-refractivity contribution in [2.24, 2.45) is 0 Å². The molecule has 0 bridgehead atoms. The highest BCUT2D eigenvalue weighted by molar-refractivity contribution is 5.94. The molecule has 2 aromatic heterocycles. The molecule has 2 aromatic rings. The SMILES string of the molecule is O=C(c1ccc(F)nc1)N1CCCC1c1cccnc1. The normalized spacial score (nSPS) is 18.2. The van der Waals surface area contributed by atoms with Crippen LogP contribution in [-0.2, 0) is 0 Å². The van der Waals surface area contributed by atoms with Crippen LogP contribution in [0.5, 0.6) is 0 Å². The van der Waals surface area contributed by atoms with E-state index < -0.39 is 5.95 Å². The molecule has 1 aliphatic rings. The molecule has 0 aliphatic carbocycles. The molecule has 0 N–H and O–H groups in total. The molecule has 1 saturated heterocycles. The maximum Gasteiger partial charge on any atom is 0.255 e. The van der Waals surface area contributed by atoms with Crippen LogP contribution in [0.1, 0.15) is 34.8 Å².